The molecule has 0 rings (SSSR count). The molecule has 0 aliphatic carbocycles. The second-order valence-corrected chi connectivity index (χ2v) is 5.72. The third-order valence-corrected chi connectivity index (χ3v) is 3.62. The second kappa shape index (κ2) is 13.4. The van der Waals surface area contributed by atoms with Crippen molar-refractivity contribution in [2.45, 2.75) is 90.2 Å². The van der Waals surface area contributed by atoms with Gasteiger partial charge in [0, 0.05) is 13.0 Å². The number of carbonyl (C=O) groups is 1. The number of hydrogen-bond donors (Lipinski definition) is 3. The van der Waals surface area contributed by atoms with Crippen molar-refractivity contribution in [3.63, 3.8) is 0 Å². The Bertz CT molecular complexity index is 234. The average Bonchev–Trinajstić information content (AvgIpc) is 2.42. The smallest absolute Gasteiger partial charge is 0.217 e. The fraction of sp³-hybridized carbons (Fsp3) is 0.938. The van der Waals surface area contributed by atoms with E-state index >= 15 is 0 Å². The number of nitrogens with one attached hydrogen (secondary N) is 1. The Labute approximate surface area is 124 Å². The fourth-order valence-electron chi connectivity index (χ4n) is 2.41. The lowest BCUT2D eigenvalue weighted by Gasteiger charge is -2.19. The van der Waals surface area contributed by atoms with Gasteiger partial charge in [-0.25, -0.2) is 0 Å². The van der Waals surface area contributed by atoms with Gasteiger partial charge in [0.15, 0.2) is 0 Å². The molecule has 1 amide bonds. The Morgan fingerprint density at radius 2 is 1.60 bits per heavy atom. The Morgan fingerprint density at radius 1 is 1.00 bits per heavy atom. The van der Waals surface area contributed by atoms with E-state index in [1.165, 1.54) is 45.4 Å². The van der Waals surface area contributed by atoms with Crippen LogP contribution in [0.1, 0.15) is 78.1 Å². The van der Waals surface area contributed by atoms with Crippen LogP contribution in [-0.2, 0) is 4.79 Å². The summed E-state index contributed by atoms with van der Waals surface area (Å²) in [6, 6.07) is 0.129. The zero-order valence-electron chi connectivity index (χ0n) is 13.2. The Kier molecular flexibility index (Phi) is 13.0. The second-order valence-electron chi connectivity index (χ2n) is 5.72. The summed E-state index contributed by atoms with van der Waals surface area (Å²) in [7, 11) is 0. The molecule has 0 saturated heterocycles. The summed E-state index contributed by atoms with van der Waals surface area (Å²) in [6.07, 6.45) is 10.4. The number of aliphatic hydroxyl groups is 2. The van der Waals surface area contributed by atoms with Crippen LogP contribution in [-0.4, -0.2) is 34.9 Å². The fourth-order valence-corrected chi connectivity index (χ4v) is 2.41. The van der Waals surface area contributed by atoms with E-state index in [-0.39, 0.29) is 18.6 Å². The van der Waals surface area contributed by atoms with E-state index in [4.69, 9.17) is 5.11 Å². The van der Waals surface area contributed by atoms with Gasteiger partial charge in [0.1, 0.15) is 0 Å². The summed E-state index contributed by atoms with van der Waals surface area (Å²) in [6.45, 7) is 3.54. The van der Waals surface area contributed by atoms with Crippen molar-refractivity contribution in [3.8, 4) is 0 Å². The van der Waals surface area contributed by atoms with Gasteiger partial charge in [-0.3, -0.25) is 4.79 Å². The number of unbranched alkanes of at least 4 members (excludes halogenated alkanes) is 6. The van der Waals surface area contributed by atoms with Crippen LogP contribution in [0.3, 0.4) is 0 Å². The van der Waals surface area contributed by atoms with Crippen LogP contribution in [0.4, 0.5) is 0 Å². The van der Waals surface area contributed by atoms with Gasteiger partial charge in [-0.05, 0) is 19.3 Å². The van der Waals surface area contributed by atoms with Crippen molar-refractivity contribution in [3.05, 3.63) is 0 Å². The first-order valence-corrected chi connectivity index (χ1v) is 8.16. The minimum absolute atomic E-state index is 0.0172. The predicted octanol–water partition coefficient (Wildman–Crippen LogP) is 2.77. The molecular weight excluding hydrogens is 254 g/mol. The number of carbonyl (C=O) groups excluding carboxylic acids is 1. The van der Waals surface area contributed by atoms with Crippen molar-refractivity contribution in [2.24, 2.45) is 0 Å². The first-order chi connectivity index (χ1) is 9.60. The lowest BCUT2D eigenvalue weighted by molar-refractivity contribution is -0.119. The Balaban J connectivity index is 3.72. The van der Waals surface area contributed by atoms with Gasteiger partial charge < -0.3 is 15.5 Å². The molecule has 4 heteroatoms. The van der Waals surface area contributed by atoms with E-state index in [0.717, 1.165) is 19.3 Å². The van der Waals surface area contributed by atoms with Crippen LogP contribution in [0.25, 0.3) is 0 Å². The summed E-state index contributed by atoms with van der Waals surface area (Å²) in [5.74, 6) is -0.0172. The minimum atomic E-state index is -0.666. The maximum Gasteiger partial charge on any atom is 0.217 e. The van der Waals surface area contributed by atoms with E-state index in [1.54, 1.807) is 0 Å². The largest absolute Gasteiger partial charge is 0.394 e. The topological polar surface area (TPSA) is 69.6 Å². The molecule has 120 valence electrons. The van der Waals surface area contributed by atoms with E-state index < -0.39 is 6.10 Å². The Morgan fingerprint density at radius 3 is 2.15 bits per heavy atom. The summed E-state index contributed by atoms with van der Waals surface area (Å²) >= 11 is 0. The molecule has 2 unspecified atom stereocenters. The molecule has 0 aliphatic heterocycles. The average molecular weight is 287 g/mol. The molecule has 0 spiro atoms. The van der Waals surface area contributed by atoms with Crippen molar-refractivity contribution in [1.82, 2.24) is 5.32 Å². The summed E-state index contributed by atoms with van der Waals surface area (Å²) < 4.78 is 0. The van der Waals surface area contributed by atoms with Crippen LogP contribution in [0.2, 0.25) is 0 Å². The molecule has 0 fully saturated rings. The molecule has 0 bridgehead atoms. The van der Waals surface area contributed by atoms with Crippen molar-refractivity contribution in [1.29, 1.82) is 0 Å². The SMILES string of the molecule is CCCCCCCCCC(CCC(O)CO)NC(C)=O. The molecule has 0 aliphatic rings. The standard InChI is InChI=1S/C16H33NO3/c1-3-4-5-6-7-8-9-10-15(17-14(2)19)11-12-16(20)13-18/h15-16,18,20H,3-13H2,1-2H3,(H,17,19). The van der Waals surface area contributed by atoms with Crippen molar-refractivity contribution < 1.29 is 15.0 Å². The van der Waals surface area contributed by atoms with E-state index in [0.29, 0.717) is 6.42 Å². The zero-order chi connectivity index (χ0) is 15.2. The van der Waals surface area contributed by atoms with Gasteiger partial charge in [-0.2, -0.15) is 0 Å². The van der Waals surface area contributed by atoms with Gasteiger partial charge >= 0.3 is 0 Å². The monoisotopic (exact) mass is 287 g/mol. The van der Waals surface area contributed by atoms with Gasteiger partial charge in [-0.1, -0.05) is 51.9 Å². The summed E-state index contributed by atoms with van der Waals surface area (Å²) in [5.41, 5.74) is 0. The zero-order valence-corrected chi connectivity index (χ0v) is 13.2. The highest BCUT2D eigenvalue weighted by Gasteiger charge is 2.12. The molecule has 0 aromatic heterocycles. The highest BCUT2D eigenvalue weighted by Crippen LogP contribution is 2.13. The third-order valence-electron chi connectivity index (χ3n) is 3.62. The van der Waals surface area contributed by atoms with Crippen molar-refractivity contribution in [2.75, 3.05) is 6.61 Å². The number of hydrogen-bond acceptors (Lipinski definition) is 3. The molecule has 0 aromatic carbocycles. The molecule has 0 aromatic rings. The van der Waals surface area contributed by atoms with Crippen LogP contribution in [0.5, 0.6) is 0 Å². The lowest BCUT2D eigenvalue weighted by Crippen LogP contribution is -2.34. The van der Waals surface area contributed by atoms with Crippen molar-refractivity contribution >= 4 is 5.91 Å². The van der Waals surface area contributed by atoms with Gasteiger partial charge in [0.2, 0.25) is 5.91 Å². The summed E-state index contributed by atoms with van der Waals surface area (Å²) in [4.78, 5) is 11.2. The maximum atomic E-state index is 11.2. The van der Waals surface area contributed by atoms with Crippen LogP contribution >= 0.6 is 0 Å². The highest BCUT2D eigenvalue weighted by molar-refractivity contribution is 5.73. The Hall–Kier alpha value is -0.610. The first kappa shape index (κ1) is 19.4. The van der Waals surface area contributed by atoms with Crippen LogP contribution in [0, 0.1) is 0 Å². The molecule has 2 atom stereocenters. The van der Waals surface area contributed by atoms with E-state index in [2.05, 4.69) is 12.2 Å². The normalized spacial score (nSPS) is 14.0. The van der Waals surface area contributed by atoms with Gasteiger partial charge in [0.25, 0.3) is 0 Å². The van der Waals surface area contributed by atoms with E-state index in [9.17, 15) is 9.90 Å². The number of aliphatic hydroxyl groups excluding tert-OH is 2. The lowest BCUT2D eigenvalue weighted by atomic mass is 10.0. The van der Waals surface area contributed by atoms with Gasteiger partial charge in [0.05, 0.1) is 12.7 Å². The third kappa shape index (κ3) is 12.4. The van der Waals surface area contributed by atoms with E-state index in [1.807, 2.05) is 0 Å². The highest BCUT2D eigenvalue weighted by atomic mass is 16.3. The number of amides is 1. The maximum absolute atomic E-state index is 11.2. The molecule has 4 nitrogen and oxygen atoms in total. The van der Waals surface area contributed by atoms with Crippen LogP contribution < -0.4 is 5.32 Å². The molecule has 20 heavy (non-hydrogen) atoms. The molecule has 3 N–H and O–H groups in total. The predicted molar refractivity (Wildman–Crippen MR) is 82.5 cm³/mol. The number of rotatable bonds is 13. The quantitative estimate of drug-likeness (QED) is 0.456. The van der Waals surface area contributed by atoms with Gasteiger partial charge in [-0.15, -0.1) is 0 Å². The molecular formula is C16H33NO3. The minimum Gasteiger partial charge on any atom is -0.394 e. The first-order valence-electron chi connectivity index (χ1n) is 8.16. The molecule has 0 heterocycles. The molecule has 0 saturated carbocycles. The molecule has 0 radical (unpaired) electrons. The van der Waals surface area contributed by atoms with Crippen LogP contribution in [0.15, 0.2) is 0 Å². The summed E-state index contributed by atoms with van der Waals surface area (Å²) in [5, 5.41) is 21.1.